The fourth-order valence-electron chi connectivity index (χ4n) is 3.61. The Kier molecular flexibility index (Phi) is 5.78. The lowest BCUT2D eigenvalue weighted by molar-refractivity contribution is -0.130. The fourth-order valence-corrected chi connectivity index (χ4v) is 4.92. The molecule has 2 aromatic rings. The maximum absolute atomic E-state index is 12.9. The molecule has 4 rings (SSSR count). The molecule has 2 aliphatic rings. The van der Waals surface area contributed by atoms with Crippen molar-refractivity contribution in [2.24, 2.45) is 0 Å². The Morgan fingerprint density at radius 1 is 1.07 bits per heavy atom. The van der Waals surface area contributed by atoms with E-state index in [9.17, 15) is 9.59 Å². The summed E-state index contributed by atoms with van der Waals surface area (Å²) in [6, 6.07) is 15.6. The van der Waals surface area contributed by atoms with E-state index in [2.05, 4.69) is 21.2 Å². The zero-order chi connectivity index (χ0) is 19.6. The van der Waals surface area contributed by atoms with Gasteiger partial charge in [-0.05, 0) is 48.2 Å². The van der Waals surface area contributed by atoms with Gasteiger partial charge in [0, 0.05) is 34.8 Å². The van der Waals surface area contributed by atoms with Crippen LogP contribution in [0.5, 0.6) is 0 Å². The number of hydrogen-bond acceptors (Lipinski definition) is 3. The van der Waals surface area contributed by atoms with E-state index in [0.29, 0.717) is 6.42 Å². The van der Waals surface area contributed by atoms with Crippen molar-refractivity contribution in [1.82, 2.24) is 4.90 Å². The number of anilines is 1. The molecule has 4 nitrogen and oxygen atoms in total. The number of thioether (sulfide) groups is 1. The van der Waals surface area contributed by atoms with Crippen LogP contribution in [-0.2, 0) is 21.4 Å². The number of hydrogen-bond donors (Lipinski definition) is 1. The van der Waals surface area contributed by atoms with Crippen LogP contribution in [-0.4, -0.2) is 41.3 Å². The minimum atomic E-state index is -0.412. The van der Waals surface area contributed by atoms with E-state index in [1.807, 2.05) is 65.2 Å². The SMILES string of the molecule is O=C(Cc1ccc(NC(=O)C2(c3cccc(Br)c3)CC2)cc1)N1CCSCC1. The number of carbonyl (C=O) groups is 2. The molecule has 0 aromatic heterocycles. The molecule has 0 bridgehead atoms. The number of nitrogens with one attached hydrogen (secondary N) is 1. The first kappa shape index (κ1) is 19.5. The minimum Gasteiger partial charge on any atom is -0.341 e. The molecule has 1 aliphatic carbocycles. The molecule has 0 spiro atoms. The average molecular weight is 459 g/mol. The van der Waals surface area contributed by atoms with Crippen molar-refractivity contribution in [1.29, 1.82) is 0 Å². The Morgan fingerprint density at radius 2 is 1.79 bits per heavy atom. The van der Waals surface area contributed by atoms with E-state index < -0.39 is 5.41 Å². The van der Waals surface area contributed by atoms with Gasteiger partial charge in [-0.1, -0.05) is 40.2 Å². The quantitative estimate of drug-likeness (QED) is 0.728. The topological polar surface area (TPSA) is 49.4 Å². The summed E-state index contributed by atoms with van der Waals surface area (Å²) in [5.74, 6) is 2.27. The Labute approximate surface area is 178 Å². The van der Waals surface area contributed by atoms with Gasteiger partial charge in [0.25, 0.3) is 0 Å². The Hall–Kier alpha value is -1.79. The highest BCUT2D eigenvalue weighted by atomic mass is 79.9. The van der Waals surface area contributed by atoms with Crippen molar-refractivity contribution in [3.63, 3.8) is 0 Å². The van der Waals surface area contributed by atoms with Crippen molar-refractivity contribution in [3.8, 4) is 0 Å². The molecule has 28 heavy (non-hydrogen) atoms. The summed E-state index contributed by atoms with van der Waals surface area (Å²) in [6.45, 7) is 1.69. The highest BCUT2D eigenvalue weighted by Gasteiger charge is 2.51. The predicted molar refractivity (Wildman–Crippen MR) is 118 cm³/mol. The summed E-state index contributed by atoms with van der Waals surface area (Å²) in [7, 11) is 0. The summed E-state index contributed by atoms with van der Waals surface area (Å²) in [5, 5.41) is 3.05. The summed E-state index contributed by atoms with van der Waals surface area (Å²) >= 11 is 5.39. The molecule has 1 saturated carbocycles. The van der Waals surface area contributed by atoms with E-state index in [4.69, 9.17) is 0 Å². The Bertz CT molecular complexity index is 874. The van der Waals surface area contributed by atoms with Crippen molar-refractivity contribution >= 4 is 45.2 Å². The van der Waals surface area contributed by atoms with E-state index in [1.54, 1.807) is 0 Å². The van der Waals surface area contributed by atoms with E-state index in [1.165, 1.54) is 0 Å². The van der Waals surface area contributed by atoms with Gasteiger partial charge in [0.15, 0.2) is 0 Å². The molecule has 1 heterocycles. The van der Waals surface area contributed by atoms with Crippen LogP contribution in [0.4, 0.5) is 5.69 Å². The van der Waals surface area contributed by atoms with Crippen molar-refractivity contribution in [2.75, 3.05) is 29.9 Å². The number of rotatable bonds is 5. The lowest BCUT2D eigenvalue weighted by atomic mass is 9.95. The zero-order valence-corrected chi connectivity index (χ0v) is 18.0. The molecule has 0 unspecified atom stereocenters. The number of nitrogens with zero attached hydrogens (tertiary/aromatic N) is 1. The van der Waals surface area contributed by atoms with E-state index in [-0.39, 0.29) is 11.8 Å². The van der Waals surface area contributed by atoms with Gasteiger partial charge in [-0.25, -0.2) is 0 Å². The molecule has 0 atom stereocenters. The highest BCUT2D eigenvalue weighted by Crippen LogP contribution is 2.49. The summed E-state index contributed by atoms with van der Waals surface area (Å²) < 4.78 is 0.991. The lowest BCUT2D eigenvalue weighted by Crippen LogP contribution is -2.38. The first-order valence-electron chi connectivity index (χ1n) is 9.59. The average Bonchev–Trinajstić information content (AvgIpc) is 3.52. The molecule has 6 heteroatoms. The Balaban J connectivity index is 1.38. The van der Waals surface area contributed by atoms with Crippen LogP contribution in [0.1, 0.15) is 24.0 Å². The third kappa shape index (κ3) is 4.28. The number of benzene rings is 2. The second kappa shape index (κ2) is 8.29. The molecular formula is C22H23BrN2O2S. The molecule has 146 valence electrons. The third-order valence-electron chi connectivity index (χ3n) is 5.49. The van der Waals surface area contributed by atoms with E-state index >= 15 is 0 Å². The van der Waals surface area contributed by atoms with Crippen LogP contribution in [0.3, 0.4) is 0 Å². The largest absolute Gasteiger partial charge is 0.341 e. The van der Waals surface area contributed by atoms with Gasteiger partial charge in [0.2, 0.25) is 11.8 Å². The molecule has 2 aromatic carbocycles. The molecule has 1 N–H and O–H groups in total. The lowest BCUT2D eigenvalue weighted by Gasteiger charge is -2.26. The van der Waals surface area contributed by atoms with Crippen molar-refractivity contribution in [3.05, 3.63) is 64.1 Å². The first-order chi connectivity index (χ1) is 13.6. The van der Waals surface area contributed by atoms with Gasteiger partial charge >= 0.3 is 0 Å². The van der Waals surface area contributed by atoms with Crippen LogP contribution in [0, 0.1) is 0 Å². The first-order valence-corrected chi connectivity index (χ1v) is 11.5. The summed E-state index contributed by atoms with van der Waals surface area (Å²) in [5.41, 5.74) is 2.40. The summed E-state index contributed by atoms with van der Waals surface area (Å²) in [4.78, 5) is 27.2. The van der Waals surface area contributed by atoms with Crippen LogP contribution in [0.15, 0.2) is 53.0 Å². The molecule has 2 amide bonds. The second-order valence-electron chi connectivity index (χ2n) is 7.41. The minimum absolute atomic E-state index is 0.0419. The molecule has 1 aliphatic heterocycles. The second-order valence-corrected chi connectivity index (χ2v) is 9.55. The molecule has 0 radical (unpaired) electrons. The van der Waals surface area contributed by atoms with Crippen LogP contribution in [0.25, 0.3) is 0 Å². The van der Waals surface area contributed by atoms with Gasteiger partial charge < -0.3 is 10.2 Å². The zero-order valence-electron chi connectivity index (χ0n) is 15.6. The van der Waals surface area contributed by atoms with Crippen molar-refractivity contribution in [2.45, 2.75) is 24.7 Å². The maximum atomic E-state index is 12.9. The van der Waals surface area contributed by atoms with Gasteiger partial charge in [-0.15, -0.1) is 0 Å². The standard InChI is InChI=1S/C22H23BrN2O2S/c23-18-3-1-2-17(15-18)22(8-9-22)21(27)24-19-6-4-16(5-7-19)14-20(26)25-10-12-28-13-11-25/h1-7,15H,8-14H2,(H,24,27). The fraction of sp³-hybridized carbons (Fsp3) is 0.364. The maximum Gasteiger partial charge on any atom is 0.235 e. The monoisotopic (exact) mass is 458 g/mol. The van der Waals surface area contributed by atoms with Gasteiger partial charge in [0.1, 0.15) is 0 Å². The molecule has 1 saturated heterocycles. The third-order valence-corrected chi connectivity index (χ3v) is 6.93. The van der Waals surface area contributed by atoms with Gasteiger partial charge in [0.05, 0.1) is 11.8 Å². The summed E-state index contributed by atoms with van der Waals surface area (Å²) in [6.07, 6.45) is 2.16. The van der Waals surface area contributed by atoms with Crippen LogP contribution >= 0.6 is 27.7 Å². The molecular weight excluding hydrogens is 436 g/mol. The number of amides is 2. The highest BCUT2D eigenvalue weighted by molar-refractivity contribution is 9.10. The predicted octanol–water partition coefficient (Wildman–Crippen LogP) is 4.24. The van der Waals surface area contributed by atoms with Crippen molar-refractivity contribution < 1.29 is 9.59 Å². The van der Waals surface area contributed by atoms with Crippen LogP contribution < -0.4 is 5.32 Å². The smallest absolute Gasteiger partial charge is 0.235 e. The van der Waals surface area contributed by atoms with Crippen LogP contribution in [0.2, 0.25) is 0 Å². The van der Waals surface area contributed by atoms with E-state index in [0.717, 1.165) is 58.7 Å². The number of halogens is 1. The normalized spacial score (nSPS) is 17.8. The van der Waals surface area contributed by atoms with Gasteiger partial charge in [-0.2, -0.15) is 11.8 Å². The Morgan fingerprint density at radius 3 is 2.43 bits per heavy atom. The molecule has 2 fully saturated rings. The number of carbonyl (C=O) groups excluding carboxylic acids is 2. The van der Waals surface area contributed by atoms with Gasteiger partial charge in [-0.3, -0.25) is 9.59 Å².